The van der Waals surface area contributed by atoms with Crippen LogP contribution in [0.25, 0.3) is 0 Å². The highest BCUT2D eigenvalue weighted by Crippen LogP contribution is 2.38. The number of rotatable bonds is 6. The fourth-order valence-corrected chi connectivity index (χ4v) is 2.57. The minimum atomic E-state index is 0.371. The van der Waals surface area contributed by atoms with E-state index in [9.17, 15) is 0 Å². The molecule has 1 atom stereocenters. The molecule has 3 nitrogen and oxygen atoms in total. The Hall–Kier alpha value is -1.22. The summed E-state index contributed by atoms with van der Waals surface area (Å²) in [6, 6.07) is 6.44. The van der Waals surface area contributed by atoms with Crippen molar-refractivity contribution in [1.82, 2.24) is 5.32 Å². The maximum Gasteiger partial charge on any atom is 0.127 e. The van der Waals surface area contributed by atoms with Crippen LogP contribution in [0.2, 0.25) is 0 Å². The van der Waals surface area contributed by atoms with Crippen LogP contribution in [0.15, 0.2) is 18.2 Å². The molecule has 2 rings (SSSR count). The number of nitrogens with one attached hydrogen (secondary N) is 1. The van der Waals surface area contributed by atoms with E-state index in [-0.39, 0.29) is 0 Å². The molecule has 0 saturated heterocycles. The fourth-order valence-electron chi connectivity index (χ4n) is 2.57. The van der Waals surface area contributed by atoms with Crippen LogP contribution in [0.3, 0.4) is 0 Å². The molecule has 0 spiro atoms. The van der Waals surface area contributed by atoms with Crippen molar-refractivity contribution in [3.8, 4) is 11.5 Å². The highest BCUT2D eigenvalue weighted by molar-refractivity contribution is 5.42. The summed E-state index contributed by atoms with van der Waals surface area (Å²) in [7, 11) is 5.42. The van der Waals surface area contributed by atoms with Crippen molar-refractivity contribution < 1.29 is 9.47 Å². The van der Waals surface area contributed by atoms with E-state index in [0.29, 0.717) is 6.04 Å². The average molecular weight is 249 g/mol. The average Bonchev–Trinajstić information content (AvgIpc) is 2.37. The molecule has 1 unspecified atom stereocenters. The summed E-state index contributed by atoms with van der Waals surface area (Å²) in [6.07, 6.45) is 5.33. The topological polar surface area (TPSA) is 30.5 Å². The molecule has 100 valence electrons. The molecule has 0 bridgehead atoms. The lowest BCUT2D eigenvalue weighted by Gasteiger charge is -2.30. The SMILES string of the molecule is CNC(CC1CCC1)c1ccc(OC)cc1OC. The molecule has 18 heavy (non-hydrogen) atoms. The summed E-state index contributed by atoms with van der Waals surface area (Å²) in [5, 5.41) is 3.41. The molecule has 0 radical (unpaired) electrons. The van der Waals surface area contributed by atoms with Crippen LogP contribution < -0.4 is 14.8 Å². The molecule has 0 aromatic heterocycles. The third-order valence-corrected chi connectivity index (χ3v) is 3.96. The zero-order chi connectivity index (χ0) is 13.0. The summed E-state index contributed by atoms with van der Waals surface area (Å²) >= 11 is 0. The van der Waals surface area contributed by atoms with Crippen molar-refractivity contribution in [3.63, 3.8) is 0 Å². The largest absolute Gasteiger partial charge is 0.497 e. The smallest absolute Gasteiger partial charge is 0.127 e. The van der Waals surface area contributed by atoms with E-state index in [1.54, 1.807) is 14.2 Å². The molecule has 1 N–H and O–H groups in total. The molecule has 1 aromatic rings. The Kier molecular flexibility index (Phi) is 4.48. The predicted octanol–water partition coefficient (Wildman–Crippen LogP) is 3.15. The van der Waals surface area contributed by atoms with Crippen LogP contribution in [0.1, 0.15) is 37.3 Å². The summed E-state index contributed by atoms with van der Waals surface area (Å²) < 4.78 is 10.7. The zero-order valence-corrected chi connectivity index (χ0v) is 11.5. The second kappa shape index (κ2) is 6.10. The van der Waals surface area contributed by atoms with Crippen LogP contribution in [0, 0.1) is 5.92 Å². The molecule has 1 aliphatic carbocycles. The molecule has 0 aliphatic heterocycles. The number of methoxy groups -OCH3 is 2. The fraction of sp³-hybridized carbons (Fsp3) is 0.600. The van der Waals surface area contributed by atoms with E-state index in [1.165, 1.54) is 31.2 Å². The monoisotopic (exact) mass is 249 g/mol. The molecule has 1 aliphatic rings. The Morgan fingerprint density at radius 3 is 2.56 bits per heavy atom. The van der Waals surface area contributed by atoms with Crippen molar-refractivity contribution in [2.45, 2.75) is 31.7 Å². The molecule has 0 heterocycles. The van der Waals surface area contributed by atoms with Gasteiger partial charge in [-0.25, -0.2) is 0 Å². The highest BCUT2D eigenvalue weighted by Gasteiger charge is 2.24. The standard InChI is InChI=1S/C15H23NO2/c1-16-14(9-11-5-4-6-11)13-8-7-12(17-2)10-15(13)18-3/h7-8,10-11,14,16H,4-6,9H2,1-3H3. The lowest BCUT2D eigenvalue weighted by molar-refractivity contribution is 0.263. The van der Waals surface area contributed by atoms with Gasteiger partial charge in [-0.15, -0.1) is 0 Å². The van der Waals surface area contributed by atoms with Gasteiger partial charge in [0, 0.05) is 17.7 Å². The Labute approximate surface area is 109 Å². The minimum absolute atomic E-state index is 0.371. The highest BCUT2D eigenvalue weighted by atomic mass is 16.5. The van der Waals surface area contributed by atoms with Gasteiger partial charge in [-0.3, -0.25) is 0 Å². The van der Waals surface area contributed by atoms with Crippen LogP contribution in [0.5, 0.6) is 11.5 Å². The molecule has 0 amide bonds. The first-order valence-electron chi connectivity index (χ1n) is 6.67. The van der Waals surface area contributed by atoms with E-state index in [1.807, 2.05) is 19.2 Å². The van der Waals surface area contributed by atoms with Crippen molar-refractivity contribution in [2.75, 3.05) is 21.3 Å². The van der Waals surface area contributed by atoms with Gasteiger partial charge in [0.1, 0.15) is 11.5 Å². The van der Waals surface area contributed by atoms with E-state index in [0.717, 1.165) is 17.4 Å². The molecular formula is C15H23NO2. The quantitative estimate of drug-likeness (QED) is 0.840. The van der Waals surface area contributed by atoms with Crippen molar-refractivity contribution >= 4 is 0 Å². The number of hydrogen-bond acceptors (Lipinski definition) is 3. The minimum Gasteiger partial charge on any atom is -0.497 e. The summed E-state index contributed by atoms with van der Waals surface area (Å²) in [5.41, 5.74) is 1.23. The van der Waals surface area contributed by atoms with Crippen molar-refractivity contribution in [2.24, 2.45) is 5.92 Å². The Morgan fingerprint density at radius 2 is 2.06 bits per heavy atom. The van der Waals surface area contributed by atoms with E-state index in [2.05, 4.69) is 11.4 Å². The lowest BCUT2D eigenvalue weighted by atomic mass is 9.79. The van der Waals surface area contributed by atoms with Gasteiger partial charge in [0.05, 0.1) is 14.2 Å². The van der Waals surface area contributed by atoms with E-state index in [4.69, 9.17) is 9.47 Å². The van der Waals surface area contributed by atoms with Gasteiger partial charge in [0.25, 0.3) is 0 Å². The summed E-state index contributed by atoms with van der Waals surface area (Å²) in [5.74, 6) is 2.62. The molecular weight excluding hydrogens is 226 g/mol. The van der Waals surface area contributed by atoms with Gasteiger partial charge in [0.15, 0.2) is 0 Å². The first-order chi connectivity index (χ1) is 8.78. The van der Waals surface area contributed by atoms with Gasteiger partial charge < -0.3 is 14.8 Å². The zero-order valence-electron chi connectivity index (χ0n) is 11.5. The van der Waals surface area contributed by atoms with Crippen LogP contribution >= 0.6 is 0 Å². The normalized spacial score (nSPS) is 17.1. The Bertz CT molecular complexity index is 388. The second-order valence-electron chi connectivity index (χ2n) is 4.98. The molecule has 1 fully saturated rings. The first-order valence-corrected chi connectivity index (χ1v) is 6.67. The third-order valence-electron chi connectivity index (χ3n) is 3.96. The summed E-state index contributed by atoms with van der Waals surface area (Å²) in [4.78, 5) is 0. The maximum absolute atomic E-state index is 5.48. The van der Waals surface area contributed by atoms with E-state index >= 15 is 0 Å². The molecule has 3 heteroatoms. The van der Waals surface area contributed by atoms with Gasteiger partial charge >= 0.3 is 0 Å². The van der Waals surface area contributed by atoms with E-state index < -0.39 is 0 Å². The van der Waals surface area contributed by atoms with Gasteiger partial charge in [-0.05, 0) is 25.5 Å². The third kappa shape index (κ3) is 2.78. The van der Waals surface area contributed by atoms with Crippen molar-refractivity contribution in [1.29, 1.82) is 0 Å². The Balaban J connectivity index is 2.17. The number of ether oxygens (including phenoxy) is 2. The predicted molar refractivity (Wildman–Crippen MR) is 73.3 cm³/mol. The first kappa shape index (κ1) is 13.2. The Morgan fingerprint density at radius 1 is 1.28 bits per heavy atom. The van der Waals surface area contributed by atoms with Gasteiger partial charge in [0.2, 0.25) is 0 Å². The number of benzene rings is 1. The van der Waals surface area contributed by atoms with Crippen molar-refractivity contribution in [3.05, 3.63) is 23.8 Å². The van der Waals surface area contributed by atoms with Gasteiger partial charge in [-0.1, -0.05) is 25.3 Å². The summed E-state index contributed by atoms with van der Waals surface area (Å²) in [6.45, 7) is 0. The lowest BCUT2D eigenvalue weighted by Crippen LogP contribution is -2.23. The maximum atomic E-state index is 5.48. The van der Waals surface area contributed by atoms with Crippen LogP contribution in [0.4, 0.5) is 0 Å². The molecule has 1 saturated carbocycles. The van der Waals surface area contributed by atoms with Crippen LogP contribution in [-0.2, 0) is 0 Å². The van der Waals surface area contributed by atoms with Gasteiger partial charge in [-0.2, -0.15) is 0 Å². The number of hydrogen-bond donors (Lipinski definition) is 1. The van der Waals surface area contributed by atoms with Crippen LogP contribution in [-0.4, -0.2) is 21.3 Å². The molecule has 1 aromatic carbocycles. The second-order valence-corrected chi connectivity index (χ2v) is 4.98.